The Hall–Kier alpha value is -1.36. The minimum Gasteiger partial charge on any atom is -0.346 e. The van der Waals surface area contributed by atoms with Gasteiger partial charge in [-0.2, -0.15) is 0 Å². The number of aromatic nitrogens is 2. The van der Waals surface area contributed by atoms with Crippen molar-refractivity contribution in [3.05, 3.63) is 17.7 Å². The van der Waals surface area contributed by atoms with Gasteiger partial charge in [-0.1, -0.05) is 6.92 Å². The molecule has 1 amide bonds. The third kappa shape index (κ3) is 2.73. The smallest absolute Gasteiger partial charge is 0.269 e. The van der Waals surface area contributed by atoms with Crippen molar-refractivity contribution in [2.24, 2.45) is 5.92 Å². The van der Waals surface area contributed by atoms with Crippen molar-refractivity contribution in [2.75, 3.05) is 13.1 Å². The van der Waals surface area contributed by atoms with Gasteiger partial charge in [0.2, 0.25) is 0 Å². The minimum absolute atomic E-state index is 0.0214. The molecule has 1 aliphatic heterocycles. The lowest BCUT2D eigenvalue weighted by molar-refractivity contribution is 0.0926. The maximum atomic E-state index is 12.3. The van der Waals surface area contributed by atoms with Crippen LogP contribution in [0.25, 0.3) is 0 Å². The van der Waals surface area contributed by atoms with Crippen LogP contribution in [-0.2, 0) is 0 Å². The quantitative estimate of drug-likeness (QED) is 0.880. The van der Waals surface area contributed by atoms with Crippen molar-refractivity contribution < 1.29 is 4.79 Å². The molecule has 2 aliphatic rings. The highest BCUT2D eigenvalue weighted by molar-refractivity contribution is 5.92. The molecule has 5 nitrogen and oxygen atoms in total. The molecule has 1 aromatic heterocycles. The number of H-pyrrole nitrogens is 1. The topological polar surface area (TPSA) is 61.0 Å². The molecular weight excluding hydrogens is 252 g/mol. The van der Waals surface area contributed by atoms with Crippen LogP contribution in [0.1, 0.15) is 55.8 Å². The summed E-state index contributed by atoms with van der Waals surface area (Å²) in [7, 11) is 0. The van der Waals surface area contributed by atoms with E-state index in [0.717, 1.165) is 18.9 Å². The molecular formula is C15H24N4O. The van der Waals surface area contributed by atoms with Crippen LogP contribution < -0.4 is 5.32 Å². The number of carbonyl (C=O) groups excluding carboxylic acids is 1. The Labute approximate surface area is 120 Å². The number of hydrogen-bond donors (Lipinski definition) is 2. The highest BCUT2D eigenvalue weighted by atomic mass is 16.2. The molecule has 0 bridgehead atoms. The SMILES string of the molecule is CC(C)N1C[C@H](C)[C@H](NC(=O)c2cnc(C3CC3)[nH]2)C1. The lowest BCUT2D eigenvalue weighted by Gasteiger charge is -2.20. The third-order valence-corrected chi connectivity index (χ3v) is 4.49. The van der Waals surface area contributed by atoms with E-state index in [0.29, 0.717) is 23.6 Å². The number of amides is 1. The maximum Gasteiger partial charge on any atom is 0.269 e. The number of aromatic amines is 1. The van der Waals surface area contributed by atoms with Crippen LogP contribution in [0.5, 0.6) is 0 Å². The van der Waals surface area contributed by atoms with Crippen LogP contribution in [0.15, 0.2) is 6.20 Å². The van der Waals surface area contributed by atoms with E-state index >= 15 is 0 Å². The van der Waals surface area contributed by atoms with Crippen LogP contribution in [0.4, 0.5) is 0 Å². The first-order chi connectivity index (χ1) is 9.54. The van der Waals surface area contributed by atoms with Crippen LogP contribution in [0, 0.1) is 5.92 Å². The molecule has 0 spiro atoms. The first-order valence-electron chi connectivity index (χ1n) is 7.64. The van der Waals surface area contributed by atoms with Gasteiger partial charge in [0.05, 0.1) is 6.20 Å². The molecule has 1 saturated heterocycles. The lowest BCUT2D eigenvalue weighted by Crippen LogP contribution is -2.40. The second-order valence-electron chi connectivity index (χ2n) is 6.56. The fourth-order valence-electron chi connectivity index (χ4n) is 2.88. The molecule has 110 valence electrons. The first kappa shape index (κ1) is 13.6. The van der Waals surface area contributed by atoms with Gasteiger partial charge in [0.15, 0.2) is 0 Å². The van der Waals surface area contributed by atoms with Gasteiger partial charge in [-0.15, -0.1) is 0 Å². The average molecular weight is 276 g/mol. The van der Waals surface area contributed by atoms with Crippen LogP contribution >= 0.6 is 0 Å². The summed E-state index contributed by atoms with van der Waals surface area (Å²) in [5.74, 6) is 2.00. The molecule has 20 heavy (non-hydrogen) atoms. The van der Waals surface area contributed by atoms with E-state index in [4.69, 9.17) is 0 Å². The molecule has 1 aromatic rings. The van der Waals surface area contributed by atoms with Gasteiger partial charge in [0.1, 0.15) is 11.5 Å². The highest BCUT2D eigenvalue weighted by Crippen LogP contribution is 2.38. The van der Waals surface area contributed by atoms with E-state index < -0.39 is 0 Å². The number of nitrogens with one attached hydrogen (secondary N) is 2. The second kappa shape index (κ2) is 5.20. The van der Waals surface area contributed by atoms with E-state index in [9.17, 15) is 4.79 Å². The Kier molecular flexibility index (Phi) is 3.54. The molecule has 0 unspecified atom stereocenters. The predicted molar refractivity (Wildman–Crippen MR) is 77.7 cm³/mol. The molecule has 1 saturated carbocycles. The van der Waals surface area contributed by atoms with Crippen LogP contribution in [0.3, 0.4) is 0 Å². The third-order valence-electron chi connectivity index (χ3n) is 4.49. The molecule has 0 aromatic carbocycles. The van der Waals surface area contributed by atoms with E-state index in [1.807, 2.05) is 0 Å². The Morgan fingerprint density at radius 2 is 2.20 bits per heavy atom. The summed E-state index contributed by atoms with van der Waals surface area (Å²) >= 11 is 0. The van der Waals surface area contributed by atoms with Crippen molar-refractivity contribution in [2.45, 2.75) is 51.6 Å². The Balaban J connectivity index is 1.60. The normalized spacial score (nSPS) is 27.2. The summed E-state index contributed by atoms with van der Waals surface area (Å²) in [6, 6.07) is 0.769. The summed E-state index contributed by atoms with van der Waals surface area (Å²) in [6.45, 7) is 8.60. The largest absolute Gasteiger partial charge is 0.346 e. The summed E-state index contributed by atoms with van der Waals surface area (Å²) in [5, 5.41) is 3.15. The van der Waals surface area contributed by atoms with Crippen molar-refractivity contribution in [3.63, 3.8) is 0 Å². The van der Waals surface area contributed by atoms with Crippen LogP contribution in [0.2, 0.25) is 0 Å². The van der Waals surface area contributed by atoms with E-state index in [1.54, 1.807) is 6.20 Å². The fraction of sp³-hybridized carbons (Fsp3) is 0.733. The van der Waals surface area contributed by atoms with Crippen molar-refractivity contribution in [1.82, 2.24) is 20.2 Å². The van der Waals surface area contributed by atoms with Gasteiger partial charge in [0, 0.05) is 31.1 Å². The number of likely N-dealkylation sites (tertiary alicyclic amines) is 1. The minimum atomic E-state index is -0.0214. The summed E-state index contributed by atoms with van der Waals surface area (Å²) < 4.78 is 0. The molecule has 2 atom stereocenters. The Morgan fingerprint density at radius 1 is 1.45 bits per heavy atom. The molecule has 2 N–H and O–H groups in total. The number of nitrogens with zero attached hydrogens (tertiary/aromatic N) is 2. The highest BCUT2D eigenvalue weighted by Gasteiger charge is 2.32. The number of hydrogen-bond acceptors (Lipinski definition) is 3. The fourth-order valence-corrected chi connectivity index (χ4v) is 2.88. The van der Waals surface area contributed by atoms with E-state index in [2.05, 4.69) is 41.0 Å². The zero-order chi connectivity index (χ0) is 14.3. The molecule has 5 heteroatoms. The zero-order valence-corrected chi connectivity index (χ0v) is 12.5. The van der Waals surface area contributed by atoms with Gasteiger partial charge in [-0.05, 0) is 32.6 Å². The maximum absolute atomic E-state index is 12.3. The van der Waals surface area contributed by atoms with E-state index in [1.165, 1.54) is 12.8 Å². The molecule has 0 radical (unpaired) electrons. The van der Waals surface area contributed by atoms with Crippen molar-refractivity contribution in [3.8, 4) is 0 Å². The summed E-state index contributed by atoms with van der Waals surface area (Å²) in [6.07, 6.45) is 4.05. The second-order valence-corrected chi connectivity index (χ2v) is 6.56. The molecule has 2 heterocycles. The average Bonchev–Trinajstić information content (AvgIpc) is 3.01. The van der Waals surface area contributed by atoms with Gasteiger partial charge in [0.25, 0.3) is 5.91 Å². The first-order valence-corrected chi connectivity index (χ1v) is 7.64. The van der Waals surface area contributed by atoms with E-state index in [-0.39, 0.29) is 11.9 Å². The number of carbonyl (C=O) groups is 1. The molecule has 1 aliphatic carbocycles. The van der Waals surface area contributed by atoms with Gasteiger partial charge < -0.3 is 10.3 Å². The molecule has 3 rings (SSSR count). The number of imidazole rings is 1. The lowest BCUT2D eigenvalue weighted by atomic mass is 10.1. The molecule has 2 fully saturated rings. The Bertz CT molecular complexity index is 492. The van der Waals surface area contributed by atoms with Gasteiger partial charge >= 0.3 is 0 Å². The summed E-state index contributed by atoms with van der Waals surface area (Å²) in [5.41, 5.74) is 0.599. The monoisotopic (exact) mass is 276 g/mol. The van der Waals surface area contributed by atoms with Crippen LogP contribution in [-0.4, -0.2) is 45.9 Å². The van der Waals surface area contributed by atoms with Gasteiger partial charge in [-0.25, -0.2) is 4.98 Å². The predicted octanol–water partition coefficient (Wildman–Crippen LogP) is 1.75. The van der Waals surface area contributed by atoms with Crippen molar-refractivity contribution >= 4 is 5.91 Å². The summed E-state index contributed by atoms with van der Waals surface area (Å²) in [4.78, 5) is 22.2. The zero-order valence-electron chi connectivity index (χ0n) is 12.5. The standard InChI is InChI=1S/C15H24N4O/c1-9(2)19-7-10(3)13(8-19)18-15(20)12-6-16-14(17-12)11-4-5-11/h6,9-11,13H,4-5,7-8H2,1-3H3,(H,16,17)(H,18,20)/t10-,13+/m0/s1. The Morgan fingerprint density at radius 3 is 2.80 bits per heavy atom. The van der Waals surface area contributed by atoms with Crippen molar-refractivity contribution in [1.29, 1.82) is 0 Å². The van der Waals surface area contributed by atoms with Gasteiger partial charge in [-0.3, -0.25) is 9.69 Å². The number of rotatable bonds is 4.